The van der Waals surface area contributed by atoms with Crippen molar-refractivity contribution in [1.82, 2.24) is 4.98 Å². The summed E-state index contributed by atoms with van der Waals surface area (Å²) >= 11 is 7.37. The second kappa shape index (κ2) is 7.58. The first-order valence-electron chi connectivity index (χ1n) is 7.45. The zero-order valence-corrected chi connectivity index (χ0v) is 15.2. The van der Waals surface area contributed by atoms with Crippen molar-refractivity contribution in [3.05, 3.63) is 57.9 Å². The van der Waals surface area contributed by atoms with Crippen molar-refractivity contribution in [2.45, 2.75) is 13.5 Å². The van der Waals surface area contributed by atoms with E-state index < -0.39 is 0 Å². The van der Waals surface area contributed by atoms with Crippen LogP contribution >= 0.6 is 22.9 Å². The molecular formula is C17H16ClN3O3S. The number of ether oxygens (including phenoxy) is 1. The number of hydrogen-bond donors (Lipinski definition) is 2. The van der Waals surface area contributed by atoms with E-state index in [0.717, 1.165) is 5.76 Å². The number of aryl methyl sites for hydroxylation is 1. The van der Waals surface area contributed by atoms with Gasteiger partial charge in [-0.3, -0.25) is 4.79 Å². The Balaban J connectivity index is 1.68. The molecule has 2 N–H and O–H groups in total. The summed E-state index contributed by atoms with van der Waals surface area (Å²) in [7, 11) is 1.54. The summed E-state index contributed by atoms with van der Waals surface area (Å²) in [6.07, 6.45) is 1.61. The molecule has 0 spiro atoms. The third kappa shape index (κ3) is 4.12. The average Bonchev–Trinajstić information content (AvgIpc) is 3.22. The first-order valence-corrected chi connectivity index (χ1v) is 8.65. The summed E-state index contributed by atoms with van der Waals surface area (Å²) in [4.78, 5) is 17.4. The fraction of sp³-hybridized carbons (Fsp3) is 0.176. The molecule has 8 heteroatoms. The van der Waals surface area contributed by atoms with Gasteiger partial charge in [0.15, 0.2) is 5.13 Å². The molecule has 0 radical (unpaired) electrons. The molecule has 0 fully saturated rings. The van der Waals surface area contributed by atoms with Gasteiger partial charge in [0, 0.05) is 5.69 Å². The molecule has 1 amide bonds. The number of anilines is 2. The largest absolute Gasteiger partial charge is 0.495 e. The minimum Gasteiger partial charge on any atom is -0.495 e. The molecule has 6 nitrogen and oxygen atoms in total. The highest BCUT2D eigenvalue weighted by Crippen LogP contribution is 2.29. The molecular weight excluding hydrogens is 362 g/mol. The Morgan fingerprint density at radius 2 is 2.24 bits per heavy atom. The Morgan fingerprint density at radius 1 is 1.40 bits per heavy atom. The number of benzene rings is 1. The van der Waals surface area contributed by atoms with Crippen LogP contribution in [0, 0.1) is 6.92 Å². The van der Waals surface area contributed by atoms with Crippen molar-refractivity contribution in [2.24, 2.45) is 0 Å². The van der Waals surface area contributed by atoms with Crippen molar-refractivity contribution in [2.75, 3.05) is 17.7 Å². The van der Waals surface area contributed by atoms with Gasteiger partial charge in [0.2, 0.25) is 0 Å². The lowest BCUT2D eigenvalue weighted by atomic mass is 10.3. The minimum absolute atomic E-state index is 0.234. The number of carbonyl (C=O) groups is 1. The molecule has 0 unspecified atom stereocenters. The molecule has 0 saturated heterocycles. The number of aromatic nitrogens is 1. The molecule has 0 aliphatic heterocycles. The fourth-order valence-corrected chi connectivity index (χ4v) is 3.31. The number of nitrogens with one attached hydrogen (secondary N) is 2. The Kier molecular flexibility index (Phi) is 5.25. The number of nitrogens with zero attached hydrogens (tertiary/aromatic N) is 1. The Bertz CT molecular complexity index is 877. The van der Waals surface area contributed by atoms with E-state index in [1.54, 1.807) is 31.4 Å². The number of methoxy groups -OCH3 is 1. The second-order valence-electron chi connectivity index (χ2n) is 5.17. The number of hydrogen-bond acceptors (Lipinski definition) is 6. The molecule has 0 saturated carbocycles. The molecule has 0 bridgehead atoms. The van der Waals surface area contributed by atoms with Crippen LogP contribution in [0.2, 0.25) is 5.02 Å². The third-order valence-corrected chi connectivity index (χ3v) is 4.82. The quantitative estimate of drug-likeness (QED) is 0.658. The van der Waals surface area contributed by atoms with Crippen molar-refractivity contribution in [1.29, 1.82) is 0 Å². The number of thiazole rings is 1. The van der Waals surface area contributed by atoms with Crippen LogP contribution < -0.4 is 15.4 Å². The van der Waals surface area contributed by atoms with Crippen LogP contribution in [0.3, 0.4) is 0 Å². The van der Waals surface area contributed by atoms with Gasteiger partial charge in [0.1, 0.15) is 16.4 Å². The molecule has 2 aromatic heterocycles. The van der Waals surface area contributed by atoms with E-state index in [0.29, 0.717) is 38.7 Å². The molecule has 3 aromatic rings. The van der Waals surface area contributed by atoms with Crippen molar-refractivity contribution in [3.63, 3.8) is 0 Å². The molecule has 0 atom stereocenters. The first kappa shape index (κ1) is 17.3. The summed E-state index contributed by atoms with van der Waals surface area (Å²) in [6.45, 7) is 2.31. The van der Waals surface area contributed by atoms with Gasteiger partial charge in [0.05, 0.1) is 30.6 Å². The summed E-state index contributed by atoms with van der Waals surface area (Å²) in [5, 5.41) is 7.06. The lowest BCUT2D eigenvalue weighted by Crippen LogP contribution is -2.11. The predicted octanol–water partition coefficient (Wildman–Crippen LogP) is 4.57. The van der Waals surface area contributed by atoms with Gasteiger partial charge in [-0.1, -0.05) is 22.9 Å². The average molecular weight is 378 g/mol. The maximum absolute atomic E-state index is 12.5. The van der Waals surface area contributed by atoms with E-state index in [4.69, 9.17) is 20.8 Å². The van der Waals surface area contributed by atoms with Crippen LogP contribution in [0.25, 0.3) is 0 Å². The number of rotatable bonds is 6. The molecule has 130 valence electrons. The van der Waals surface area contributed by atoms with Crippen molar-refractivity contribution >= 4 is 39.7 Å². The van der Waals surface area contributed by atoms with E-state index in [-0.39, 0.29) is 5.91 Å². The van der Waals surface area contributed by atoms with E-state index >= 15 is 0 Å². The molecule has 0 aliphatic rings. The van der Waals surface area contributed by atoms with Crippen LogP contribution in [0.4, 0.5) is 10.8 Å². The molecule has 0 aliphatic carbocycles. The van der Waals surface area contributed by atoms with Crippen LogP contribution in [0.1, 0.15) is 21.1 Å². The topological polar surface area (TPSA) is 76.4 Å². The summed E-state index contributed by atoms with van der Waals surface area (Å²) in [5.74, 6) is 1.12. The van der Waals surface area contributed by atoms with Crippen molar-refractivity contribution in [3.8, 4) is 5.75 Å². The highest BCUT2D eigenvalue weighted by atomic mass is 35.5. The molecule has 3 rings (SSSR count). The zero-order valence-electron chi connectivity index (χ0n) is 13.6. The Labute approximate surface area is 153 Å². The number of amides is 1. The van der Waals surface area contributed by atoms with Gasteiger partial charge in [-0.05, 0) is 37.3 Å². The van der Waals surface area contributed by atoms with Gasteiger partial charge in [-0.2, -0.15) is 0 Å². The fourth-order valence-electron chi connectivity index (χ4n) is 2.19. The van der Waals surface area contributed by atoms with Crippen molar-refractivity contribution < 1.29 is 13.9 Å². The van der Waals surface area contributed by atoms with Gasteiger partial charge in [-0.15, -0.1) is 0 Å². The maximum Gasteiger partial charge on any atom is 0.267 e. The molecule has 2 heterocycles. The standard InChI is InChI=1S/C17H16ClN3O3S/c1-10-15(25-17(20-10)19-9-12-4-3-7-24-12)16(22)21-11-5-6-14(23-2)13(18)8-11/h3-8H,9H2,1-2H3,(H,19,20)(H,21,22). The van der Waals surface area contributed by atoms with Crippen LogP contribution in [-0.2, 0) is 6.54 Å². The smallest absolute Gasteiger partial charge is 0.267 e. The van der Waals surface area contributed by atoms with E-state index in [1.165, 1.54) is 18.4 Å². The number of carbonyl (C=O) groups excluding carboxylic acids is 1. The van der Waals surface area contributed by atoms with Crippen LogP contribution in [0.15, 0.2) is 41.0 Å². The second-order valence-corrected chi connectivity index (χ2v) is 6.58. The van der Waals surface area contributed by atoms with Crippen LogP contribution in [0.5, 0.6) is 5.75 Å². The molecule has 1 aromatic carbocycles. The summed E-state index contributed by atoms with van der Waals surface area (Å²) in [6, 6.07) is 8.77. The number of furan rings is 1. The van der Waals surface area contributed by atoms with Gasteiger partial charge >= 0.3 is 0 Å². The van der Waals surface area contributed by atoms with Gasteiger partial charge in [0.25, 0.3) is 5.91 Å². The monoisotopic (exact) mass is 377 g/mol. The normalized spacial score (nSPS) is 10.5. The third-order valence-electron chi connectivity index (χ3n) is 3.41. The first-order chi connectivity index (χ1) is 12.1. The lowest BCUT2D eigenvalue weighted by molar-refractivity contribution is 0.103. The Hall–Kier alpha value is -2.51. The Morgan fingerprint density at radius 3 is 2.92 bits per heavy atom. The number of halogens is 1. The van der Waals surface area contributed by atoms with Gasteiger partial charge in [-0.25, -0.2) is 4.98 Å². The minimum atomic E-state index is -0.234. The van der Waals surface area contributed by atoms with E-state index in [2.05, 4.69) is 15.6 Å². The maximum atomic E-state index is 12.5. The highest BCUT2D eigenvalue weighted by molar-refractivity contribution is 7.17. The lowest BCUT2D eigenvalue weighted by Gasteiger charge is -2.07. The van der Waals surface area contributed by atoms with Gasteiger partial charge < -0.3 is 19.8 Å². The summed E-state index contributed by atoms with van der Waals surface area (Å²) < 4.78 is 10.4. The van der Waals surface area contributed by atoms with E-state index in [9.17, 15) is 4.79 Å². The molecule has 25 heavy (non-hydrogen) atoms. The van der Waals surface area contributed by atoms with Crippen LogP contribution in [-0.4, -0.2) is 18.0 Å². The van der Waals surface area contributed by atoms with E-state index in [1.807, 2.05) is 12.1 Å². The zero-order chi connectivity index (χ0) is 17.8. The highest BCUT2D eigenvalue weighted by Gasteiger charge is 2.16. The predicted molar refractivity (Wildman–Crippen MR) is 98.8 cm³/mol. The summed E-state index contributed by atoms with van der Waals surface area (Å²) in [5.41, 5.74) is 1.25. The SMILES string of the molecule is COc1ccc(NC(=O)c2sc(NCc3ccco3)nc2C)cc1Cl.